The number of hydrogen-bond acceptors (Lipinski definition) is 2. The van der Waals surface area contributed by atoms with Crippen LogP contribution in [0.1, 0.15) is 18.5 Å². The van der Waals surface area contributed by atoms with Gasteiger partial charge in [0.25, 0.3) is 5.91 Å². The van der Waals surface area contributed by atoms with Crippen LogP contribution < -0.4 is 15.4 Å². The zero-order chi connectivity index (χ0) is 17.7. The standard InChI is InChI=1S/C17H17Cl2FN2O2/c1-10(13-7-16(20)15(19)8-14(13)18)21-9-17(23)22-11-4-3-5-12(6-11)24-2/h3-8,10,21H,9H2,1-2H3,(H,22,23)/p+1/t10-/m1/s1. The van der Waals surface area contributed by atoms with Crippen LogP contribution >= 0.6 is 23.2 Å². The first-order valence-electron chi connectivity index (χ1n) is 7.32. The fourth-order valence-corrected chi connectivity index (χ4v) is 2.77. The highest BCUT2D eigenvalue weighted by Gasteiger charge is 2.17. The van der Waals surface area contributed by atoms with Crippen molar-refractivity contribution in [3.8, 4) is 5.75 Å². The van der Waals surface area contributed by atoms with Gasteiger partial charge in [-0.25, -0.2) is 4.39 Å². The summed E-state index contributed by atoms with van der Waals surface area (Å²) in [6.45, 7) is 2.01. The summed E-state index contributed by atoms with van der Waals surface area (Å²) >= 11 is 11.8. The minimum Gasteiger partial charge on any atom is -0.497 e. The maximum Gasteiger partial charge on any atom is 0.279 e. The molecule has 0 aromatic heterocycles. The fourth-order valence-electron chi connectivity index (χ4n) is 2.21. The van der Waals surface area contributed by atoms with E-state index in [9.17, 15) is 9.18 Å². The van der Waals surface area contributed by atoms with E-state index >= 15 is 0 Å². The number of carbonyl (C=O) groups excluding carboxylic acids is 1. The Balaban J connectivity index is 1.94. The molecule has 0 spiro atoms. The first-order valence-corrected chi connectivity index (χ1v) is 8.08. The number of hydrogen-bond donors (Lipinski definition) is 2. The van der Waals surface area contributed by atoms with E-state index in [0.29, 0.717) is 22.0 Å². The molecular weight excluding hydrogens is 354 g/mol. The van der Waals surface area contributed by atoms with E-state index < -0.39 is 5.82 Å². The molecular formula is C17H18Cl2FN2O2+. The topological polar surface area (TPSA) is 54.9 Å². The van der Waals surface area contributed by atoms with Crippen molar-refractivity contribution in [1.82, 2.24) is 0 Å². The summed E-state index contributed by atoms with van der Waals surface area (Å²) in [4.78, 5) is 12.0. The molecule has 2 aromatic rings. The van der Waals surface area contributed by atoms with Gasteiger partial charge in [-0.2, -0.15) is 0 Å². The molecule has 0 radical (unpaired) electrons. The summed E-state index contributed by atoms with van der Waals surface area (Å²) < 4.78 is 18.7. The largest absolute Gasteiger partial charge is 0.497 e. The minimum atomic E-state index is -0.530. The quantitative estimate of drug-likeness (QED) is 0.764. The van der Waals surface area contributed by atoms with E-state index in [-0.39, 0.29) is 23.5 Å². The molecule has 4 nitrogen and oxygen atoms in total. The third-order valence-corrected chi connectivity index (χ3v) is 4.16. The van der Waals surface area contributed by atoms with Crippen LogP contribution in [-0.4, -0.2) is 19.6 Å². The highest BCUT2D eigenvalue weighted by Crippen LogP contribution is 2.27. The van der Waals surface area contributed by atoms with Crippen molar-refractivity contribution in [2.75, 3.05) is 19.0 Å². The molecule has 0 bridgehead atoms. The molecule has 2 rings (SSSR count). The normalized spacial score (nSPS) is 11.9. The predicted molar refractivity (Wildman–Crippen MR) is 93.3 cm³/mol. The number of rotatable bonds is 6. The third kappa shape index (κ3) is 4.84. The molecule has 7 heteroatoms. The van der Waals surface area contributed by atoms with Crippen LogP contribution in [0.2, 0.25) is 10.0 Å². The molecule has 0 aliphatic carbocycles. The lowest BCUT2D eigenvalue weighted by Gasteiger charge is -2.13. The predicted octanol–water partition coefficient (Wildman–Crippen LogP) is 3.40. The molecule has 128 valence electrons. The van der Waals surface area contributed by atoms with Crippen molar-refractivity contribution < 1.29 is 19.2 Å². The molecule has 0 unspecified atom stereocenters. The monoisotopic (exact) mass is 371 g/mol. The van der Waals surface area contributed by atoms with Crippen molar-refractivity contribution >= 4 is 34.8 Å². The molecule has 1 amide bonds. The highest BCUT2D eigenvalue weighted by molar-refractivity contribution is 6.35. The molecule has 0 heterocycles. The van der Waals surface area contributed by atoms with Gasteiger partial charge in [-0.15, -0.1) is 0 Å². The number of nitrogens with one attached hydrogen (secondary N) is 1. The Kier molecular flexibility index (Phi) is 6.43. The molecule has 0 aliphatic heterocycles. The van der Waals surface area contributed by atoms with Gasteiger partial charge < -0.3 is 15.4 Å². The third-order valence-electron chi connectivity index (χ3n) is 3.54. The van der Waals surface area contributed by atoms with Gasteiger partial charge in [0.1, 0.15) is 17.6 Å². The number of halogens is 3. The van der Waals surface area contributed by atoms with Gasteiger partial charge in [0.2, 0.25) is 0 Å². The second-order valence-electron chi connectivity index (χ2n) is 5.30. The maximum atomic E-state index is 13.6. The first kappa shape index (κ1) is 18.5. The maximum absolute atomic E-state index is 13.6. The Morgan fingerprint density at radius 2 is 2.04 bits per heavy atom. The first-order chi connectivity index (χ1) is 11.4. The molecule has 0 saturated heterocycles. The average Bonchev–Trinajstić information content (AvgIpc) is 2.56. The second-order valence-corrected chi connectivity index (χ2v) is 6.11. The summed E-state index contributed by atoms with van der Waals surface area (Å²) in [6.07, 6.45) is 0. The van der Waals surface area contributed by atoms with E-state index in [1.54, 1.807) is 36.7 Å². The molecule has 0 aliphatic rings. The smallest absolute Gasteiger partial charge is 0.279 e. The van der Waals surface area contributed by atoms with Gasteiger partial charge in [-0.1, -0.05) is 29.3 Å². The Hall–Kier alpha value is -1.82. The second kappa shape index (κ2) is 8.33. The van der Waals surface area contributed by atoms with Crippen LogP contribution in [0.15, 0.2) is 36.4 Å². The summed E-state index contributed by atoms with van der Waals surface area (Å²) in [7, 11) is 1.56. The van der Waals surface area contributed by atoms with Crippen LogP contribution in [0.3, 0.4) is 0 Å². The van der Waals surface area contributed by atoms with Gasteiger partial charge in [-0.3, -0.25) is 4.79 Å². The van der Waals surface area contributed by atoms with Gasteiger partial charge in [0.05, 0.1) is 17.2 Å². The Bertz CT molecular complexity index is 741. The summed E-state index contributed by atoms with van der Waals surface area (Å²) in [6, 6.07) is 9.56. The molecule has 0 saturated carbocycles. The van der Waals surface area contributed by atoms with Crippen LogP contribution in [0.4, 0.5) is 10.1 Å². The zero-order valence-electron chi connectivity index (χ0n) is 13.3. The molecule has 3 N–H and O–H groups in total. The number of quaternary nitrogens is 1. The van der Waals surface area contributed by atoms with Gasteiger partial charge >= 0.3 is 0 Å². The lowest BCUT2D eigenvalue weighted by molar-refractivity contribution is -0.682. The summed E-state index contributed by atoms with van der Waals surface area (Å²) in [5, 5.41) is 4.90. The molecule has 2 aromatic carbocycles. The summed E-state index contributed by atoms with van der Waals surface area (Å²) in [5.41, 5.74) is 1.24. The minimum absolute atomic E-state index is 0.0216. The SMILES string of the molecule is COc1cccc(NC(=O)C[NH2+][C@H](C)c2cc(F)c(Cl)cc2Cl)c1. The zero-order valence-corrected chi connectivity index (χ0v) is 14.8. The van der Waals surface area contributed by atoms with Crippen molar-refractivity contribution in [2.24, 2.45) is 0 Å². The Labute approximate surface area is 149 Å². The number of amides is 1. The van der Waals surface area contributed by atoms with Crippen LogP contribution in [0.5, 0.6) is 5.75 Å². The number of benzene rings is 2. The lowest BCUT2D eigenvalue weighted by Crippen LogP contribution is -2.86. The lowest BCUT2D eigenvalue weighted by atomic mass is 10.1. The number of carbonyl (C=O) groups is 1. The number of ether oxygens (including phenoxy) is 1. The van der Waals surface area contributed by atoms with Crippen molar-refractivity contribution in [1.29, 1.82) is 0 Å². The van der Waals surface area contributed by atoms with Gasteiger partial charge in [0, 0.05) is 17.3 Å². The average molecular weight is 372 g/mol. The van der Waals surface area contributed by atoms with Crippen LogP contribution in [0.25, 0.3) is 0 Å². The Morgan fingerprint density at radius 3 is 2.75 bits per heavy atom. The van der Waals surface area contributed by atoms with Crippen molar-refractivity contribution in [3.05, 3.63) is 57.8 Å². The van der Waals surface area contributed by atoms with Crippen molar-refractivity contribution in [3.63, 3.8) is 0 Å². The number of methoxy groups -OCH3 is 1. The highest BCUT2D eigenvalue weighted by atomic mass is 35.5. The van der Waals surface area contributed by atoms with Gasteiger partial charge in [0.15, 0.2) is 6.54 Å². The van der Waals surface area contributed by atoms with Crippen LogP contribution in [0, 0.1) is 5.82 Å². The number of anilines is 1. The Morgan fingerprint density at radius 1 is 1.29 bits per heavy atom. The molecule has 24 heavy (non-hydrogen) atoms. The van der Waals surface area contributed by atoms with Crippen LogP contribution in [-0.2, 0) is 4.79 Å². The molecule has 0 fully saturated rings. The van der Waals surface area contributed by atoms with E-state index in [4.69, 9.17) is 27.9 Å². The van der Waals surface area contributed by atoms with Crippen molar-refractivity contribution in [2.45, 2.75) is 13.0 Å². The molecule has 1 atom stereocenters. The fraction of sp³-hybridized carbons (Fsp3) is 0.235. The van der Waals surface area contributed by atoms with Gasteiger partial charge in [-0.05, 0) is 31.2 Å². The van der Waals surface area contributed by atoms with E-state index in [1.807, 2.05) is 6.92 Å². The summed E-state index contributed by atoms with van der Waals surface area (Å²) in [5.74, 6) is -0.0496. The van der Waals surface area contributed by atoms with E-state index in [0.717, 1.165) is 0 Å². The number of nitrogens with two attached hydrogens (primary N) is 1. The van der Waals surface area contributed by atoms with E-state index in [1.165, 1.54) is 12.1 Å². The van der Waals surface area contributed by atoms with E-state index in [2.05, 4.69) is 5.32 Å².